The molecular weight excluding hydrogens is 462 g/mol. The van der Waals surface area contributed by atoms with E-state index in [1.54, 1.807) is 4.68 Å². The summed E-state index contributed by atoms with van der Waals surface area (Å²) in [5.41, 5.74) is 3.85. The number of hydrogen-bond acceptors (Lipinski definition) is 7. The molecule has 1 aliphatic heterocycles. The smallest absolute Gasteiger partial charge is 0.236 e. The third kappa shape index (κ3) is 5.23. The molecule has 10 heteroatoms. The summed E-state index contributed by atoms with van der Waals surface area (Å²) >= 11 is 1.36. The average Bonchev–Trinajstić information content (AvgIpc) is 3.47. The number of para-hydroxylation sites is 1. The van der Waals surface area contributed by atoms with E-state index in [2.05, 4.69) is 44.6 Å². The molecule has 0 aliphatic carbocycles. The number of amides is 1. The lowest BCUT2D eigenvalue weighted by Gasteiger charge is -2.27. The molecule has 0 atom stereocenters. The van der Waals surface area contributed by atoms with Crippen molar-refractivity contribution in [1.29, 1.82) is 0 Å². The first kappa shape index (κ1) is 23.1. The maximum atomic E-state index is 12.9. The Morgan fingerprint density at radius 3 is 2.49 bits per heavy atom. The maximum absolute atomic E-state index is 12.9. The minimum absolute atomic E-state index is 0.140. The molecule has 2 aromatic heterocycles. The second kappa shape index (κ2) is 10.3. The Hall–Kier alpha value is -3.63. The van der Waals surface area contributed by atoms with Gasteiger partial charge in [0.05, 0.1) is 36.0 Å². The van der Waals surface area contributed by atoms with E-state index in [-0.39, 0.29) is 11.7 Å². The van der Waals surface area contributed by atoms with E-state index >= 15 is 0 Å². The van der Waals surface area contributed by atoms with Crippen LogP contribution in [0.25, 0.3) is 11.4 Å². The zero-order valence-electron chi connectivity index (χ0n) is 19.7. The number of morpholine rings is 1. The van der Waals surface area contributed by atoms with Crippen LogP contribution in [0, 0.1) is 13.8 Å². The zero-order chi connectivity index (χ0) is 24.2. The average molecular weight is 490 g/mol. The SMILES string of the molecule is Cc1ccc(-n2c(SCC(=O)Nc3cc(C)nn3-c3ccccc3)nnc2N2CCOCC2)cc1. The van der Waals surface area contributed by atoms with Crippen molar-refractivity contribution in [1.82, 2.24) is 24.5 Å². The highest BCUT2D eigenvalue weighted by molar-refractivity contribution is 7.99. The Balaban J connectivity index is 1.35. The second-order valence-corrected chi connectivity index (χ2v) is 9.25. The number of aromatic nitrogens is 5. The van der Waals surface area contributed by atoms with Crippen LogP contribution in [0.3, 0.4) is 0 Å². The zero-order valence-corrected chi connectivity index (χ0v) is 20.5. The molecule has 0 bridgehead atoms. The number of carbonyl (C=O) groups is 1. The standard InChI is InChI=1S/C25H27N7O2S/c1-18-8-10-20(11-9-18)31-24(30-12-14-34-15-13-30)27-28-25(31)35-17-23(33)26-22-16-19(2)29-32(22)21-6-4-3-5-7-21/h3-11,16H,12-15,17H2,1-2H3,(H,26,33). The third-order valence-corrected chi connectivity index (χ3v) is 6.56. The second-order valence-electron chi connectivity index (χ2n) is 8.31. The summed E-state index contributed by atoms with van der Waals surface area (Å²) in [5, 5.41) is 17.1. The summed E-state index contributed by atoms with van der Waals surface area (Å²) in [6.45, 7) is 6.76. The van der Waals surface area contributed by atoms with Crippen molar-refractivity contribution in [2.45, 2.75) is 19.0 Å². The fourth-order valence-corrected chi connectivity index (χ4v) is 4.65. The summed E-state index contributed by atoms with van der Waals surface area (Å²) in [6.07, 6.45) is 0. The summed E-state index contributed by atoms with van der Waals surface area (Å²) in [7, 11) is 0. The van der Waals surface area contributed by atoms with Crippen molar-refractivity contribution in [2.75, 3.05) is 42.3 Å². The lowest BCUT2D eigenvalue weighted by atomic mass is 10.2. The lowest BCUT2D eigenvalue weighted by Crippen LogP contribution is -2.37. The van der Waals surface area contributed by atoms with E-state index < -0.39 is 0 Å². The first-order valence-corrected chi connectivity index (χ1v) is 12.5. The van der Waals surface area contributed by atoms with E-state index in [9.17, 15) is 4.79 Å². The fraction of sp³-hybridized carbons (Fsp3) is 0.280. The normalized spacial score (nSPS) is 13.7. The molecule has 35 heavy (non-hydrogen) atoms. The molecule has 3 heterocycles. The Kier molecular flexibility index (Phi) is 6.82. The molecule has 180 valence electrons. The van der Waals surface area contributed by atoms with Crippen LogP contribution in [0.5, 0.6) is 0 Å². The largest absolute Gasteiger partial charge is 0.378 e. The quantitative estimate of drug-likeness (QED) is 0.397. The van der Waals surface area contributed by atoms with Crippen LogP contribution in [0.4, 0.5) is 11.8 Å². The fourth-order valence-electron chi connectivity index (χ4n) is 3.91. The van der Waals surface area contributed by atoms with Gasteiger partial charge in [-0.15, -0.1) is 10.2 Å². The summed E-state index contributed by atoms with van der Waals surface area (Å²) < 4.78 is 9.26. The van der Waals surface area contributed by atoms with Gasteiger partial charge in [0.25, 0.3) is 0 Å². The van der Waals surface area contributed by atoms with Gasteiger partial charge in [-0.1, -0.05) is 47.7 Å². The van der Waals surface area contributed by atoms with Crippen molar-refractivity contribution in [3.05, 3.63) is 71.9 Å². The van der Waals surface area contributed by atoms with Crippen LogP contribution in [-0.2, 0) is 9.53 Å². The van der Waals surface area contributed by atoms with Gasteiger partial charge in [-0.2, -0.15) is 5.10 Å². The number of nitrogens with one attached hydrogen (secondary N) is 1. The molecule has 1 amide bonds. The van der Waals surface area contributed by atoms with Gasteiger partial charge in [0, 0.05) is 19.2 Å². The number of hydrogen-bond donors (Lipinski definition) is 1. The molecule has 4 aromatic rings. The Labute approximate surface area is 208 Å². The molecule has 0 spiro atoms. The van der Waals surface area contributed by atoms with Gasteiger partial charge >= 0.3 is 0 Å². The van der Waals surface area contributed by atoms with Gasteiger partial charge in [0.1, 0.15) is 5.82 Å². The van der Waals surface area contributed by atoms with Crippen molar-refractivity contribution in [3.8, 4) is 11.4 Å². The van der Waals surface area contributed by atoms with E-state index in [0.29, 0.717) is 24.2 Å². The van der Waals surface area contributed by atoms with Crippen LogP contribution in [0.15, 0.2) is 65.8 Å². The minimum atomic E-state index is -0.140. The monoisotopic (exact) mass is 489 g/mol. The van der Waals surface area contributed by atoms with Crippen LogP contribution in [0.2, 0.25) is 0 Å². The first-order chi connectivity index (χ1) is 17.1. The van der Waals surface area contributed by atoms with Gasteiger partial charge in [-0.3, -0.25) is 9.36 Å². The molecule has 1 fully saturated rings. The number of carbonyl (C=O) groups excluding carboxylic acids is 1. The van der Waals surface area contributed by atoms with E-state index in [1.807, 2.05) is 60.0 Å². The van der Waals surface area contributed by atoms with Crippen LogP contribution >= 0.6 is 11.8 Å². The number of benzene rings is 2. The summed E-state index contributed by atoms with van der Waals surface area (Å²) in [5.74, 6) is 1.44. The highest BCUT2D eigenvalue weighted by Gasteiger charge is 2.22. The van der Waals surface area contributed by atoms with Crippen molar-refractivity contribution < 1.29 is 9.53 Å². The van der Waals surface area contributed by atoms with E-state index in [4.69, 9.17) is 4.74 Å². The molecule has 1 aliphatic rings. The predicted molar refractivity (Wildman–Crippen MR) is 137 cm³/mol. The number of anilines is 2. The predicted octanol–water partition coefficient (Wildman–Crippen LogP) is 3.64. The van der Waals surface area contributed by atoms with Gasteiger partial charge in [-0.05, 0) is 38.1 Å². The third-order valence-electron chi connectivity index (χ3n) is 5.63. The van der Waals surface area contributed by atoms with Crippen molar-refractivity contribution in [3.63, 3.8) is 0 Å². The Bertz CT molecular complexity index is 1300. The number of ether oxygens (including phenoxy) is 1. The first-order valence-electron chi connectivity index (χ1n) is 11.5. The molecule has 1 saturated heterocycles. The van der Waals surface area contributed by atoms with Gasteiger partial charge in [0.2, 0.25) is 11.9 Å². The number of thioether (sulfide) groups is 1. The Morgan fingerprint density at radius 2 is 1.74 bits per heavy atom. The minimum Gasteiger partial charge on any atom is -0.378 e. The number of aryl methyl sites for hydroxylation is 2. The molecule has 2 aromatic carbocycles. The van der Waals surface area contributed by atoms with Crippen LogP contribution in [-0.4, -0.2) is 62.5 Å². The molecule has 5 rings (SSSR count). The Morgan fingerprint density at radius 1 is 1.00 bits per heavy atom. The maximum Gasteiger partial charge on any atom is 0.236 e. The van der Waals surface area contributed by atoms with Crippen molar-refractivity contribution >= 4 is 29.4 Å². The highest BCUT2D eigenvalue weighted by atomic mass is 32.2. The summed E-state index contributed by atoms with van der Waals surface area (Å²) in [6, 6.07) is 19.8. The van der Waals surface area contributed by atoms with Crippen LogP contribution in [0.1, 0.15) is 11.3 Å². The highest BCUT2D eigenvalue weighted by Crippen LogP contribution is 2.28. The number of rotatable bonds is 7. The number of nitrogens with zero attached hydrogens (tertiary/aromatic N) is 6. The molecule has 0 saturated carbocycles. The summed E-state index contributed by atoms with van der Waals surface area (Å²) in [4.78, 5) is 15.1. The van der Waals surface area contributed by atoms with Crippen LogP contribution < -0.4 is 10.2 Å². The van der Waals surface area contributed by atoms with Gasteiger partial charge < -0.3 is 15.0 Å². The molecule has 1 N–H and O–H groups in total. The van der Waals surface area contributed by atoms with E-state index in [0.717, 1.165) is 36.1 Å². The lowest BCUT2D eigenvalue weighted by molar-refractivity contribution is -0.113. The van der Waals surface area contributed by atoms with Gasteiger partial charge in [0.15, 0.2) is 5.16 Å². The molecular formula is C25H27N7O2S. The molecule has 9 nitrogen and oxygen atoms in total. The van der Waals surface area contributed by atoms with Crippen molar-refractivity contribution in [2.24, 2.45) is 0 Å². The topological polar surface area (TPSA) is 90.1 Å². The van der Waals surface area contributed by atoms with Gasteiger partial charge in [-0.25, -0.2) is 4.68 Å². The molecule has 0 unspecified atom stereocenters. The molecule has 0 radical (unpaired) electrons. The van der Waals surface area contributed by atoms with E-state index in [1.165, 1.54) is 17.3 Å².